The lowest BCUT2D eigenvalue weighted by molar-refractivity contribution is -0.147. The number of hydrogen-bond acceptors (Lipinski definition) is 27. The summed E-state index contributed by atoms with van der Waals surface area (Å²) in [7, 11) is 0. The van der Waals surface area contributed by atoms with Crippen molar-refractivity contribution in [1.29, 1.82) is 0 Å². The van der Waals surface area contributed by atoms with Crippen LogP contribution < -0.4 is 21.3 Å². The minimum atomic E-state index is -1.32. The number of rotatable bonds is 24. The Morgan fingerprint density at radius 2 is 0.696 bits per heavy atom. The van der Waals surface area contributed by atoms with Gasteiger partial charge in [0.2, 0.25) is 23.6 Å². The van der Waals surface area contributed by atoms with Gasteiger partial charge in [-0.2, -0.15) is 0 Å². The van der Waals surface area contributed by atoms with E-state index in [1.54, 1.807) is 20.5 Å². The second-order valence-corrected chi connectivity index (χ2v) is 31.9. The molecule has 4 amide bonds. The molecule has 0 aromatic carbocycles. The van der Waals surface area contributed by atoms with Crippen LogP contribution in [0.5, 0.6) is 0 Å². The van der Waals surface area contributed by atoms with Crippen LogP contribution >= 0.6 is 0 Å². The molecule has 20 atom stereocenters. The highest BCUT2D eigenvalue weighted by Crippen LogP contribution is 2.61. The molecule has 2 aliphatic heterocycles. The van der Waals surface area contributed by atoms with E-state index in [2.05, 4.69) is 41.9 Å². The molecular formula is C69H118N12O21. The fourth-order valence-electron chi connectivity index (χ4n) is 20.5. The molecule has 0 spiro atoms. The number of amides is 4. The molecule has 4 heterocycles. The smallest absolute Gasteiger partial charge is 0.217 e. The van der Waals surface area contributed by atoms with E-state index >= 15 is 0 Å². The number of ether oxygens (including phenoxy) is 2. The molecule has 33 heteroatoms. The average Bonchev–Trinajstić information content (AvgIpc) is 0.769. The number of carbonyl (C=O) groups excluding carboxylic acids is 4. The van der Waals surface area contributed by atoms with Crippen LogP contribution in [0.15, 0.2) is 12.4 Å². The minimum absolute atomic E-state index is 0.172. The zero-order valence-corrected chi connectivity index (χ0v) is 59.7. The van der Waals surface area contributed by atoms with Gasteiger partial charge in [0.05, 0.1) is 124 Å². The molecular weight excluding hydrogens is 1330 g/mol. The summed E-state index contributed by atoms with van der Waals surface area (Å²) in [5.41, 5.74) is 1.94. The first-order valence-electron chi connectivity index (χ1n) is 36.9. The van der Waals surface area contributed by atoms with E-state index in [0.717, 1.165) is 48.7 Å². The number of aliphatic hydroxyl groups excluding tert-OH is 15. The van der Waals surface area contributed by atoms with Gasteiger partial charge in [0.25, 0.3) is 0 Å². The maximum absolute atomic E-state index is 11.7. The molecule has 2 aromatic rings. The maximum Gasteiger partial charge on any atom is 0.217 e. The van der Waals surface area contributed by atoms with Crippen molar-refractivity contribution in [3.05, 3.63) is 23.8 Å². The molecule has 19 N–H and O–H groups in total. The van der Waals surface area contributed by atoms with Gasteiger partial charge >= 0.3 is 0 Å². The van der Waals surface area contributed by atoms with Gasteiger partial charge in [0.15, 0.2) is 0 Å². The Bertz CT molecular complexity index is 2720. The first kappa shape index (κ1) is 81.5. The largest absolute Gasteiger partial charge is 0.396 e. The van der Waals surface area contributed by atoms with Gasteiger partial charge in [-0.25, -0.2) is 9.36 Å². The Morgan fingerprint density at radius 3 is 0.990 bits per heavy atom. The predicted octanol–water partition coefficient (Wildman–Crippen LogP) is -4.45. The Labute approximate surface area is 595 Å². The van der Waals surface area contributed by atoms with Gasteiger partial charge in [0, 0.05) is 96.9 Å². The van der Waals surface area contributed by atoms with Crippen LogP contribution in [0.3, 0.4) is 0 Å². The fraction of sp³-hybridized carbons (Fsp3) is 0.884. The van der Waals surface area contributed by atoms with Crippen LogP contribution in [0, 0.1) is 70.0 Å². The van der Waals surface area contributed by atoms with Crippen molar-refractivity contribution in [2.24, 2.45) is 70.0 Å². The standard InChI is InChI=1S/C25H41N5O5.C24H39N5O6.2C10H19NO5/c1-3-20-22(26-15(2)32)24(34)23(33)21(12-31)30(20)11-19-10-29(28-27-19)14-35-13-25-7-16-4-17(8-25)6-18(5-16)9-25;1-14(32)25-21-19(10-30)29(20(11-31)22(33)23(21)34)9-18-8-28(27-26-18)13-35-12-24-5-15-2-16(6-24)4-17(3-15)7-24;2*1-5(14)11-8-6(3-12)2-7(4-13)9(15)10(8)16/h10,16-18,20-24,31,33-34H,3-9,11-14H2,1-2H3,(H,26,32);8,15-17,19-23,30-31,33-34H,2-7,9-13H2,1H3,(H,25,32);2*6-10,12-13,15-16H,2-4H2,1H3,(H,11,14)/t16?,17?,18?,20-,21+,22-,23+,24+,25?;15?,16?,17?,19-,20-,21+,22-,23-,24?;6-,7+,8-,9+,10+;6-,7-,8+,9-,10-/m0101/s1. The normalized spacial score (nSPS) is 40.4. The molecule has 10 aliphatic carbocycles. The van der Waals surface area contributed by atoms with E-state index in [1.165, 1.54) is 105 Å². The van der Waals surface area contributed by atoms with E-state index in [-0.39, 0.29) is 87.7 Å². The minimum Gasteiger partial charge on any atom is -0.396 e. The summed E-state index contributed by atoms with van der Waals surface area (Å²) in [6, 6.07) is -5.36. The molecule has 2 saturated heterocycles. The summed E-state index contributed by atoms with van der Waals surface area (Å²) < 4.78 is 15.6. The number of piperidine rings is 2. The van der Waals surface area contributed by atoms with Crippen LogP contribution in [0.2, 0.25) is 0 Å². The summed E-state index contributed by atoms with van der Waals surface area (Å²) in [4.78, 5) is 48.9. The third kappa shape index (κ3) is 19.4. The van der Waals surface area contributed by atoms with Gasteiger partial charge in [-0.1, -0.05) is 17.4 Å². The van der Waals surface area contributed by atoms with Gasteiger partial charge in [-0.3, -0.25) is 29.0 Å². The van der Waals surface area contributed by atoms with E-state index in [4.69, 9.17) is 29.9 Å². The summed E-state index contributed by atoms with van der Waals surface area (Å²) in [5.74, 6) is 2.40. The first-order chi connectivity index (χ1) is 48.6. The van der Waals surface area contributed by atoms with Gasteiger partial charge in [0.1, 0.15) is 37.9 Å². The van der Waals surface area contributed by atoms with Crippen LogP contribution in [0.1, 0.15) is 142 Å². The zero-order chi connectivity index (χ0) is 74.1. The third-order valence-corrected chi connectivity index (χ3v) is 24.2. The molecule has 14 rings (SSSR count). The van der Waals surface area contributed by atoms with E-state index in [9.17, 15) is 75.3 Å². The molecule has 2 aromatic heterocycles. The predicted molar refractivity (Wildman–Crippen MR) is 361 cm³/mol. The van der Waals surface area contributed by atoms with Crippen LogP contribution in [-0.2, 0) is 55.2 Å². The highest BCUT2D eigenvalue weighted by molar-refractivity contribution is 5.74. The highest BCUT2D eigenvalue weighted by Gasteiger charge is 2.54. The summed E-state index contributed by atoms with van der Waals surface area (Å²) in [6.07, 6.45) is 11.7. The topological polar surface area (TPSA) is 506 Å². The molecule has 33 nitrogen and oxygen atoms in total. The Hall–Kier alpha value is -4.60. The lowest BCUT2D eigenvalue weighted by Gasteiger charge is -2.56. The third-order valence-electron chi connectivity index (χ3n) is 24.2. The summed E-state index contributed by atoms with van der Waals surface area (Å²) in [5, 5.41) is 175. The monoisotopic (exact) mass is 1450 g/mol. The molecule has 8 bridgehead atoms. The van der Waals surface area contributed by atoms with Crippen molar-refractivity contribution in [3.8, 4) is 0 Å². The number of nitrogens with one attached hydrogen (secondary N) is 4. The second-order valence-electron chi connectivity index (χ2n) is 31.9. The maximum atomic E-state index is 11.7. The first-order valence-corrected chi connectivity index (χ1v) is 36.9. The van der Waals surface area contributed by atoms with Crippen molar-refractivity contribution < 1.29 is 105 Å². The van der Waals surface area contributed by atoms with Gasteiger partial charge < -0.3 is 107 Å². The Kier molecular flexibility index (Phi) is 29.0. The second kappa shape index (κ2) is 36.3. The van der Waals surface area contributed by atoms with E-state index < -0.39 is 110 Å². The molecule has 580 valence electrons. The van der Waals surface area contributed by atoms with Gasteiger partial charge in [-0.05, 0) is 143 Å². The number of hydrogen-bond donors (Lipinski definition) is 19. The van der Waals surface area contributed by atoms with Crippen LogP contribution in [0.25, 0.3) is 0 Å². The van der Waals surface area contributed by atoms with E-state index in [0.29, 0.717) is 61.5 Å². The Balaban J connectivity index is 0.000000169. The highest BCUT2D eigenvalue weighted by atomic mass is 16.5. The van der Waals surface area contributed by atoms with Crippen molar-refractivity contribution in [2.45, 2.75) is 255 Å². The quantitative estimate of drug-likeness (QED) is 0.0471. The molecule has 12 aliphatic rings. The molecule has 10 saturated carbocycles. The number of aromatic nitrogens is 6. The average molecular weight is 1450 g/mol. The molecule has 102 heavy (non-hydrogen) atoms. The van der Waals surface area contributed by atoms with Crippen molar-refractivity contribution in [1.82, 2.24) is 61.1 Å². The summed E-state index contributed by atoms with van der Waals surface area (Å²) in [6.45, 7) is 7.95. The van der Waals surface area contributed by atoms with Crippen LogP contribution in [-0.4, -0.2) is 297 Å². The number of aliphatic hydroxyl groups is 15. The van der Waals surface area contributed by atoms with Gasteiger partial charge in [-0.15, -0.1) is 10.2 Å². The number of likely N-dealkylation sites (tertiary alicyclic amines) is 2. The lowest BCUT2D eigenvalue weighted by Crippen LogP contribution is -2.71. The fourth-order valence-corrected chi connectivity index (χ4v) is 20.5. The van der Waals surface area contributed by atoms with Crippen molar-refractivity contribution in [3.63, 3.8) is 0 Å². The van der Waals surface area contributed by atoms with Crippen LogP contribution in [0.4, 0.5) is 0 Å². The van der Waals surface area contributed by atoms with Crippen molar-refractivity contribution >= 4 is 23.6 Å². The summed E-state index contributed by atoms with van der Waals surface area (Å²) >= 11 is 0. The SMILES string of the molecule is CC(=O)N[C@@H]1[C@@H](O)[C@H](O)[C@@H](CO)N(Cc2cn(COCC34CC5CC(CC(C5)C3)C4)nn2)[C@@H]1CO.CC(=O)N[C@H]1[C@@H](CO)C[C@H](CO)[C@@H](O)[C@@H]1O.CC(=O)N[C@H]1[C@H](CO)C[C@H](CO)[C@@H](O)[C@@H]1O.CC[C@H]1[C@H](NC(C)=O)[C@@H](O)[C@H](O)[C@@H](CO)N1Cc1cn(COCC23CC4CC(CC(C4)C2)C3)nn1. The van der Waals surface area contributed by atoms with E-state index in [1.807, 2.05) is 18.0 Å². The lowest BCUT2D eigenvalue weighted by atomic mass is 9.50. The number of carbonyl (C=O) groups is 4. The molecule has 12 fully saturated rings. The zero-order valence-electron chi connectivity index (χ0n) is 59.7. The molecule has 0 unspecified atom stereocenters. The molecule has 0 radical (unpaired) electrons. The number of nitrogens with zero attached hydrogens (tertiary/aromatic N) is 8. The van der Waals surface area contributed by atoms with Crippen molar-refractivity contribution in [2.75, 3.05) is 59.5 Å². The Morgan fingerprint density at radius 1 is 0.402 bits per heavy atom.